The maximum atomic E-state index is 13.0. The van der Waals surface area contributed by atoms with Crippen LogP contribution >= 0.6 is 11.3 Å². The second-order valence-electron chi connectivity index (χ2n) is 11.2. The fourth-order valence-electron chi connectivity index (χ4n) is 5.05. The van der Waals surface area contributed by atoms with Crippen molar-refractivity contribution in [3.05, 3.63) is 64.0 Å². The van der Waals surface area contributed by atoms with Crippen molar-refractivity contribution in [1.82, 2.24) is 9.97 Å². The van der Waals surface area contributed by atoms with Gasteiger partial charge in [-0.15, -0.1) is 11.3 Å². The van der Waals surface area contributed by atoms with Gasteiger partial charge in [-0.1, -0.05) is 20.8 Å². The van der Waals surface area contributed by atoms with E-state index < -0.39 is 18.0 Å². The van der Waals surface area contributed by atoms with Crippen molar-refractivity contribution in [3.63, 3.8) is 0 Å². The number of esters is 1. The smallest absolute Gasteiger partial charge is 0.338 e. The van der Waals surface area contributed by atoms with Gasteiger partial charge >= 0.3 is 5.97 Å². The van der Waals surface area contributed by atoms with Gasteiger partial charge in [0.05, 0.1) is 29.3 Å². The molecule has 8 nitrogen and oxygen atoms in total. The summed E-state index contributed by atoms with van der Waals surface area (Å²) in [6, 6.07) is 14.8. The lowest BCUT2D eigenvalue weighted by Crippen LogP contribution is -2.30. The van der Waals surface area contributed by atoms with Gasteiger partial charge in [-0.3, -0.25) is 4.79 Å². The number of nitrogens with one attached hydrogen (secondary N) is 2. The highest BCUT2D eigenvalue weighted by atomic mass is 32.1. The summed E-state index contributed by atoms with van der Waals surface area (Å²) in [5.74, 6) is 0.842. The molecule has 0 saturated carbocycles. The van der Waals surface area contributed by atoms with Crippen molar-refractivity contribution >= 4 is 39.2 Å². The van der Waals surface area contributed by atoms with E-state index in [2.05, 4.69) is 42.1 Å². The fraction of sp³-hybridized carbons (Fsp3) is 0.355. The standard InChI is InChI=1S/C31H32N4O4S/c1-17(28(36)35-29-23(16-32)22-12-9-20(31(2,3)4)15-26(22)40-29)39-30(37)19-8-13-24-25(14-19)34-27(33-24)18-6-10-21(38-5)11-7-18/h6-8,10-11,13-14,17,20H,9,12,15H2,1-5H3,(H,33,34)(H,35,36). The van der Waals surface area contributed by atoms with Crippen LogP contribution in [0.5, 0.6) is 5.75 Å². The molecule has 40 heavy (non-hydrogen) atoms. The van der Waals surface area contributed by atoms with Crippen molar-refractivity contribution in [2.24, 2.45) is 11.3 Å². The number of nitrogens with zero attached hydrogens (tertiary/aromatic N) is 2. The third kappa shape index (κ3) is 5.45. The summed E-state index contributed by atoms with van der Waals surface area (Å²) in [5, 5.41) is 13.2. The highest BCUT2D eigenvalue weighted by Crippen LogP contribution is 2.44. The Morgan fingerprint density at radius 1 is 1.20 bits per heavy atom. The minimum atomic E-state index is -1.05. The molecule has 2 atom stereocenters. The number of carbonyl (C=O) groups is 2. The monoisotopic (exact) mass is 556 g/mol. The number of carbonyl (C=O) groups excluding carboxylic acids is 2. The SMILES string of the molecule is COc1ccc(-c2nc3ccc(C(=O)OC(C)C(=O)Nc4sc5c(c4C#N)CCC(C(C)(C)C)C5)cc3[nH]2)cc1. The second-order valence-corrected chi connectivity index (χ2v) is 12.3. The Kier molecular flexibility index (Phi) is 7.39. The van der Waals surface area contributed by atoms with Crippen LogP contribution in [0, 0.1) is 22.7 Å². The van der Waals surface area contributed by atoms with Crippen LogP contribution in [0.3, 0.4) is 0 Å². The molecule has 5 rings (SSSR count). The van der Waals surface area contributed by atoms with Gasteiger partial charge in [0.25, 0.3) is 5.91 Å². The van der Waals surface area contributed by atoms with Crippen molar-refractivity contribution in [2.45, 2.75) is 53.1 Å². The van der Waals surface area contributed by atoms with Gasteiger partial charge in [0.1, 0.15) is 22.6 Å². The van der Waals surface area contributed by atoms with Crippen LogP contribution in [-0.4, -0.2) is 35.1 Å². The number of benzene rings is 2. The summed E-state index contributed by atoms with van der Waals surface area (Å²) in [6.45, 7) is 8.25. The first-order chi connectivity index (χ1) is 19.1. The molecular formula is C31H32N4O4S. The van der Waals surface area contributed by atoms with E-state index >= 15 is 0 Å². The molecule has 1 aliphatic rings. The van der Waals surface area contributed by atoms with E-state index in [-0.39, 0.29) is 5.41 Å². The molecule has 1 aliphatic carbocycles. The number of thiophene rings is 1. The number of H-pyrrole nitrogens is 1. The van der Waals surface area contributed by atoms with Crippen LogP contribution in [0.2, 0.25) is 0 Å². The third-order valence-corrected chi connectivity index (χ3v) is 8.74. The highest BCUT2D eigenvalue weighted by molar-refractivity contribution is 7.16. The lowest BCUT2D eigenvalue weighted by atomic mass is 9.72. The second kappa shape index (κ2) is 10.8. The molecule has 0 spiro atoms. The molecule has 1 amide bonds. The van der Waals surface area contributed by atoms with E-state index in [1.165, 1.54) is 18.3 Å². The van der Waals surface area contributed by atoms with Gasteiger partial charge in [0.15, 0.2) is 6.10 Å². The molecule has 0 saturated heterocycles. The average molecular weight is 557 g/mol. The van der Waals surface area contributed by atoms with Gasteiger partial charge in [0.2, 0.25) is 0 Å². The number of anilines is 1. The summed E-state index contributed by atoms with van der Waals surface area (Å²) in [6.07, 6.45) is 1.70. The Morgan fingerprint density at radius 2 is 1.95 bits per heavy atom. The molecule has 2 unspecified atom stereocenters. The summed E-state index contributed by atoms with van der Waals surface area (Å²) in [4.78, 5) is 34.9. The minimum Gasteiger partial charge on any atom is -0.497 e. The van der Waals surface area contributed by atoms with E-state index in [1.54, 1.807) is 25.3 Å². The Labute approximate surface area is 237 Å². The zero-order chi connectivity index (χ0) is 28.6. The lowest BCUT2D eigenvalue weighted by Gasteiger charge is -2.33. The maximum Gasteiger partial charge on any atom is 0.338 e. The first kappa shape index (κ1) is 27.4. The van der Waals surface area contributed by atoms with E-state index in [9.17, 15) is 14.9 Å². The molecule has 0 bridgehead atoms. The number of ether oxygens (including phenoxy) is 2. The predicted octanol–water partition coefficient (Wildman–Crippen LogP) is 6.51. The van der Waals surface area contributed by atoms with Crippen LogP contribution in [0.25, 0.3) is 22.4 Å². The maximum absolute atomic E-state index is 13.0. The first-order valence-corrected chi connectivity index (χ1v) is 14.1. The summed E-state index contributed by atoms with van der Waals surface area (Å²) in [7, 11) is 1.61. The lowest BCUT2D eigenvalue weighted by molar-refractivity contribution is -0.123. The number of nitriles is 1. The number of hydrogen-bond donors (Lipinski definition) is 2. The van der Waals surface area contributed by atoms with Crippen LogP contribution in [0.1, 0.15) is 60.5 Å². The molecule has 2 aromatic carbocycles. The first-order valence-electron chi connectivity index (χ1n) is 13.3. The number of amides is 1. The number of methoxy groups -OCH3 is 1. The molecule has 9 heteroatoms. The molecule has 4 aromatic rings. The average Bonchev–Trinajstić information content (AvgIpc) is 3.52. The molecule has 0 radical (unpaired) electrons. The predicted molar refractivity (Wildman–Crippen MR) is 156 cm³/mol. The van der Waals surface area contributed by atoms with E-state index in [0.29, 0.717) is 38.9 Å². The summed E-state index contributed by atoms with van der Waals surface area (Å²) in [5.41, 5.74) is 4.30. The number of imidazole rings is 1. The van der Waals surface area contributed by atoms with E-state index in [1.807, 2.05) is 24.3 Å². The zero-order valence-corrected chi connectivity index (χ0v) is 24.1. The number of fused-ring (bicyclic) bond motifs is 2. The number of aromatic nitrogens is 2. The van der Waals surface area contributed by atoms with Crippen molar-refractivity contribution in [3.8, 4) is 23.2 Å². The zero-order valence-electron chi connectivity index (χ0n) is 23.3. The Balaban J connectivity index is 1.27. The van der Waals surface area contributed by atoms with Gasteiger partial charge < -0.3 is 19.8 Å². The van der Waals surface area contributed by atoms with Crippen molar-refractivity contribution in [2.75, 3.05) is 12.4 Å². The molecule has 206 valence electrons. The van der Waals surface area contributed by atoms with Crippen LogP contribution < -0.4 is 10.1 Å². The van der Waals surface area contributed by atoms with Gasteiger partial charge in [-0.25, -0.2) is 9.78 Å². The number of aromatic amines is 1. The molecule has 2 aromatic heterocycles. The summed E-state index contributed by atoms with van der Waals surface area (Å²) >= 11 is 1.46. The van der Waals surface area contributed by atoms with E-state index in [4.69, 9.17) is 9.47 Å². The molecule has 2 N–H and O–H groups in total. The van der Waals surface area contributed by atoms with Crippen molar-refractivity contribution in [1.29, 1.82) is 5.26 Å². The Bertz CT molecular complexity index is 1620. The van der Waals surface area contributed by atoms with Gasteiger partial charge in [-0.05, 0) is 85.5 Å². The number of hydrogen-bond acceptors (Lipinski definition) is 7. The topological polar surface area (TPSA) is 117 Å². The minimum absolute atomic E-state index is 0.178. The van der Waals surface area contributed by atoms with Crippen LogP contribution in [0.4, 0.5) is 5.00 Å². The quantitative estimate of drug-likeness (QED) is 0.262. The molecular weight excluding hydrogens is 524 g/mol. The summed E-state index contributed by atoms with van der Waals surface area (Å²) < 4.78 is 10.7. The fourth-order valence-corrected chi connectivity index (χ4v) is 6.33. The van der Waals surface area contributed by atoms with Gasteiger partial charge in [-0.2, -0.15) is 5.26 Å². The molecule has 0 aliphatic heterocycles. The largest absolute Gasteiger partial charge is 0.497 e. The highest BCUT2D eigenvalue weighted by Gasteiger charge is 2.33. The number of rotatable bonds is 6. The Morgan fingerprint density at radius 3 is 2.62 bits per heavy atom. The third-order valence-electron chi connectivity index (χ3n) is 7.57. The van der Waals surface area contributed by atoms with E-state index in [0.717, 1.165) is 41.0 Å². The normalized spacial score (nSPS) is 15.7. The molecule has 0 fully saturated rings. The Hall–Kier alpha value is -4.16. The van der Waals surface area contributed by atoms with Crippen LogP contribution in [0.15, 0.2) is 42.5 Å². The van der Waals surface area contributed by atoms with Crippen molar-refractivity contribution < 1.29 is 19.1 Å². The van der Waals surface area contributed by atoms with Crippen LogP contribution in [-0.2, 0) is 22.4 Å². The molecule has 2 heterocycles. The van der Waals surface area contributed by atoms with Gasteiger partial charge in [0, 0.05) is 10.4 Å².